The molecule has 0 spiro atoms. The van der Waals surface area contributed by atoms with Crippen LogP contribution in [-0.4, -0.2) is 193 Å². The number of fused-ring (bicyclic) bond motifs is 1. The molecule has 3 heterocycles. The zero-order valence-corrected chi connectivity index (χ0v) is 25.9. The van der Waals surface area contributed by atoms with E-state index in [2.05, 4.69) is 0 Å². The second-order valence-electron chi connectivity index (χ2n) is 13.2. The number of hydrogen-bond acceptors (Lipinski definition) is 16. The van der Waals surface area contributed by atoms with Crippen molar-refractivity contribution in [2.45, 2.75) is 142 Å². The monoisotopic (exact) mass is 671 g/mol. The minimum Gasteiger partial charge on any atom is -0.427 e. The van der Waals surface area contributed by atoms with Gasteiger partial charge in [0.2, 0.25) is 0 Å². The van der Waals surface area contributed by atoms with Crippen molar-refractivity contribution in [1.82, 2.24) is 0 Å². The average molecular weight is 672 g/mol. The molecule has 17 heteroatoms. The molecule has 5 aliphatic rings. The smallest absolute Gasteiger partial charge is 0.187 e. The Bertz CT molecular complexity index is 945. The van der Waals surface area contributed by atoms with Gasteiger partial charge in [0.25, 0.3) is 0 Å². The second-order valence-corrected chi connectivity index (χ2v) is 13.2. The number of ether oxygens (including phenoxy) is 7. The molecule has 2 saturated carbocycles. The van der Waals surface area contributed by atoms with Crippen LogP contribution in [0.3, 0.4) is 0 Å². The first kappa shape index (κ1) is 36.6. The van der Waals surface area contributed by atoms with E-state index in [0.717, 1.165) is 0 Å². The summed E-state index contributed by atoms with van der Waals surface area (Å²) in [4.78, 5) is 0. The predicted octanol–water partition coefficient (Wildman–Crippen LogP) is -5.40. The third-order valence-corrected chi connectivity index (χ3v) is 10.5. The summed E-state index contributed by atoms with van der Waals surface area (Å²) in [5, 5.41) is 104. The Labute approximate surface area is 266 Å². The lowest BCUT2D eigenvalue weighted by Crippen LogP contribution is -2.64. The molecule has 46 heavy (non-hydrogen) atoms. The highest BCUT2D eigenvalue weighted by Gasteiger charge is 2.57. The molecule has 0 bridgehead atoms. The molecule has 2 aliphatic carbocycles. The van der Waals surface area contributed by atoms with Crippen LogP contribution in [0, 0.1) is 11.8 Å². The molecule has 8 unspecified atom stereocenters. The van der Waals surface area contributed by atoms with Crippen LogP contribution in [0.5, 0.6) is 0 Å². The maximum Gasteiger partial charge on any atom is 0.187 e. The van der Waals surface area contributed by atoms with Crippen molar-refractivity contribution < 1.29 is 84.2 Å². The van der Waals surface area contributed by atoms with Crippen LogP contribution < -0.4 is 0 Å². The van der Waals surface area contributed by atoms with E-state index in [-0.39, 0.29) is 25.2 Å². The van der Waals surface area contributed by atoms with E-state index >= 15 is 0 Å². The lowest BCUT2D eigenvalue weighted by molar-refractivity contribution is -0.368. The molecule has 17 nitrogen and oxygen atoms in total. The topological polar surface area (TPSA) is 270 Å². The molecule has 0 radical (unpaired) electrons. The van der Waals surface area contributed by atoms with Crippen molar-refractivity contribution in [3.05, 3.63) is 0 Å². The Morgan fingerprint density at radius 3 is 1.54 bits per heavy atom. The molecule has 0 amide bonds. The summed E-state index contributed by atoms with van der Waals surface area (Å²) in [6.07, 6.45) is -19.4. The summed E-state index contributed by atoms with van der Waals surface area (Å²) in [5.74, 6) is -0.717. The number of methoxy groups -OCH3 is 2. The van der Waals surface area contributed by atoms with Gasteiger partial charge in [-0.05, 0) is 19.3 Å². The molecule has 3 saturated heterocycles. The summed E-state index contributed by atoms with van der Waals surface area (Å²) in [6.45, 7) is -1.29. The Morgan fingerprint density at radius 1 is 0.565 bits per heavy atom. The first-order valence-electron chi connectivity index (χ1n) is 16.0. The number of aliphatic hydroxyl groups excluding tert-OH is 10. The SMILES string of the molecule is COC1CC(C2[OH+]C3CC(O)CC(O[C@H]4O[C@H](CO)[C@@H](O)[C@H](O)[C@H]4O)C3CC2O[C@@H]2O[C@@H](CO)[C@@H](O)[C@H](O)[C@H]2O)CC(OC)C1O. The van der Waals surface area contributed by atoms with Gasteiger partial charge >= 0.3 is 0 Å². The van der Waals surface area contributed by atoms with Gasteiger partial charge < -0.3 is 84.2 Å². The molecule has 268 valence electrons. The van der Waals surface area contributed by atoms with Crippen LogP contribution in [0.25, 0.3) is 0 Å². The average Bonchev–Trinajstić information content (AvgIpc) is 3.05. The molecule has 5 fully saturated rings. The molecule has 0 aromatic rings. The van der Waals surface area contributed by atoms with Gasteiger partial charge in [-0.3, -0.25) is 0 Å². The normalized spacial score (nSPS) is 53.5. The molecule has 0 aromatic heterocycles. The summed E-state index contributed by atoms with van der Waals surface area (Å²) in [5.41, 5.74) is 0. The highest BCUT2D eigenvalue weighted by molar-refractivity contribution is 5.01. The third-order valence-electron chi connectivity index (χ3n) is 10.5. The largest absolute Gasteiger partial charge is 0.427 e. The van der Waals surface area contributed by atoms with Gasteiger partial charge in [-0.25, -0.2) is 0 Å². The minimum absolute atomic E-state index is 0.107. The van der Waals surface area contributed by atoms with Crippen molar-refractivity contribution in [1.29, 1.82) is 0 Å². The van der Waals surface area contributed by atoms with E-state index in [1.54, 1.807) is 0 Å². The molecule has 3 aliphatic heterocycles. The Hall–Kier alpha value is -0.680. The molecule has 18 atom stereocenters. The van der Waals surface area contributed by atoms with Gasteiger partial charge in [0, 0.05) is 33.0 Å². The summed E-state index contributed by atoms with van der Waals surface area (Å²) in [7, 11) is 2.97. The van der Waals surface area contributed by atoms with Crippen LogP contribution >= 0.6 is 0 Å². The standard InChI is InChI=1S/C29H50O17/c1-40-15-3-10(4-16(41-2)20(15)33)27-17(44-29-26(39)24(37)22(35)19(9-31)46-29)7-12-13(42-27)5-11(32)6-14(12)43-28-25(38)23(36)21(34)18(8-30)45-28/h10-39H,3-9H2,1-2H3/p+1/t10?,11?,12?,13?,14?,15?,16?,17?,18-,19+,20?,21-,22-,23+,24+,25-,26-,27?,28+,29-/m1/s1. The van der Waals surface area contributed by atoms with E-state index in [9.17, 15) is 51.1 Å². The van der Waals surface area contributed by atoms with Gasteiger partial charge in [-0.1, -0.05) is 0 Å². The maximum absolute atomic E-state index is 10.9. The molecule has 0 aromatic carbocycles. The van der Waals surface area contributed by atoms with E-state index in [0.29, 0.717) is 12.8 Å². The lowest BCUT2D eigenvalue weighted by Gasteiger charge is -2.50. The van der Waals surface area contributed by atoms with Gasteiger partial charge in [-0.15, -0.1) is 0 Å². The zero-order chi connectivity index (χ0) is 33.4. The van der Waals surface area contributed by atoms with Crippen molar-refractivity contribution in [3.8, 4) is 0 Å². The lowest BCUT2D eigenvalue weighted by atomic mass is 9.72. The highest BCUT2D eigenvalue weighted by atomic mass is 16.7. The molecule has 5 rings (SSSR count). The Morgan fingerprint density at radius 2 is 1.07 bits per heavy atom. The summed E-state index contributed by atoms with van der Waals surface area (Å²) in [6, 6.07) is 0. The van der Waals surface area contributed by atoms with Crippen molar-refractivity contribution in [3.63, 3.8) is 0 Å². The fourth-order valence-electron chi connectivity index (χ4n) is 7.83. The second kappa shape index (κ2) is 15.5. The van der Waals surface area contributed by atoms with E-state index < -0.39 is 129 Å². The number of aliphatic hydroxyl groups is 12. The maximum atomic E-state index is 10.9. The Balaban J connectivity index is 1.41. The number of rotatable bonds is 9. The fraction of sp³-hybridized carbons (Fsp3) is 1.00. The molecule has 11 N–H and O–H groups in total. The van der Waals surface area contributed by atoms with Crippen molar-refractivity contribution in [2.75, 3.05) is 27.4 Å². The van der Waals surface area contributed by atoms with Gasteiger partial charge in [0.1, 0.15) is 61.0 Å². The highest BCUT2D eigenvalue weighted by Crippen LogP contribution is 2.44. The predicted molar refractivity (Wildman–Crippen MR) is 151 cm³/mol. The van der Waals surface area contributed by atoms with E-state index in [4.69, 9.17) is 33.2 Å². The quantitative estimate of drug-likeness (QED) is 0.103. The summed E-state index contributed by atoms with van der Waals surface area (Å²) >= 11 is 0. The van der Waals surface area contributed by atoms with Crippen molar-refractivity contribution >= 4 is 0 Å². The van der Waals surface area contributed by atoms with Crippen LogP contribution in [0.15, 0.2) is 0 Å². The summed E-state index contributed by atoms with van der Waals surface area (Å²) < 4.78 is 40.0. The Kier molecular flexibility index (Phi) is 12.3. The zero-order valence-electron chi connectivity index (χ0n) is 25.9. The first-order chi connectivity index (χ1) is 21.9. The van der Waals surface area contributed by atoms with Crippen LogP contribution in [0.1, 0.15) is 32.1 Å². The van der Waals surface area contributed by atoms with E-state index in [1.165, 1.54) is 14.2 Å². The minimum atomic E-state index is -1.67. The van der Waals surface area contributed by atoms with Gasteiger partial charge in [0.15, 0.2) is 24.8 Å². The van der Waals surface area contributed by atoms with Crippen LogP contribution in [0.2, 0.25) is 0 Å². The van der Waals surface area contributed by atoms with Crippen LogP contribution in [-0.2, 0) is 28.4 Å². The van der Waals surface area contributed by atoms with Crippen molar-refractivity contribution in [2.24, 2.45) is 11.8 Å². The van der Waals surface area contributed by atoms with E-state index in [1.807, 2.05) is 0 Å². The van der Waals surface area contributed by atoms with Gasteiger partial charge in [-0.2, -0.15) is 0 Å². The van der Waals surface area contributed by atoms with Crippen LogP contribution in [0.4, 0.5) is 0 Å². The third kappa shape index (κ3) is 7.27. The molecular weight excluding hydrogens is 620 g/mol. The molecular formula is C29H51O17+. The number of hydrogen-bond donors (Lipinski definition) is 10. The fourth-order valence-corrected chi connectivity index (χ4v) is 7.83. The first-order valence-corrected chi connectivity index (χ1v) is 16.0. The van der Waals surface area contributed by atoms with Gasteiger partial charge in [0.05, 0.1) is 43.5 Å².